The lowest BCUT2D eigenvalue weighted by molar-refractivity contribution is 0.741. The minimum Gasteiger partial charge on any atom is -0.368 e. The van der Waals surface area contributed by atoms with Gasteiger partial charge in [-0.05, 0) is 0 Å². The molecule has 0 saturated heterocycles. The van der Waals surface area contributed by atoms with Gasteiger partial charge in [-0.15, -0.1) is 0 Å². The molecule has 0 aliphatic carbocycles. The summed E-state index contributed by atoms with van der Waals surface area (Å²) in [5, 5.41) is 0. The van der Waals surface area contributed by atoms with Crippen LogP contribution in [0.25, 0.3) is 5.95 Å². The Balaban J connectivity index is 1.89. The van der Waals surface area contributed by atoms with Gasteiger partial charge in [-0.1, -0.05) is 0 Å². The number of aryl methyl sites for hydroxylation is 1. The Labute approximate surface area is 121 Å². The highest BCUT2D eigenvalue weighted by Crippen LogP contribution is 2.12. The third kappa shape index (κ3) is 2.66. The molecule has 0 aromatic carbocycles. The predicted molar refractivity (Wildman–Crippen MR) is 76.7 cm³/mol. The first-order valence-electron chi connectivity index (χ1n) is 6.30. The summed E-state index contributed by atoms with van der Waals surface area (Å²) in [7, 11) is 3.82. The first-order valence-corrected chi connectivity index (χ1v) is 6.30. The lowest BCUT2D eigenvalue weighted by atomic mass is 10.5. The molecular weight excluding hydrogens is 270 g/mol. The van der Waals surface area contributed by atoms with Gasteiger partial charge in [0.1, 0.15) is 12.2 Å². The van der Waals surface area contributed by atoms with Crippen molar-refractivity contribution in [2.45, 2.75) is 6.54 Å². The molecule has 0 aliphatic heterocycles. The van der Waals surface area contributed by atoms with E-state index >= 15 is 0 Å². The molecule has 0 atom stereocenters. The number of nitrogen functional groups attached to an aromatic ring is 1. The molecule has 3 aromatic rings. The van der Waals surface area contributed by atoms with Gasteiger partial charge in [-0.3, -0.25) is 4.57 Å². The minimum atomic E-state index is 0.162. The van der Waals surface area contributed by atoms with Gasteiger partial charge in [0.05, 0.1) is 6.54 Å². The number of imidazole rings is 2. The summed E-state index contributed by atoms with van der Waals surface area (Å²) >= 11 is 0. The van der Waals surface area contributed by atoms with E-state index in [4.69, 9.17) is 5.73 Å². The quantitative estimate of drug-likeness (QED) is 0.720. The molecule has 3 rings (SSSR count). The van der Waals surface area contributed by atoms with E-state index in [2.05, 4.69) is 24.9 Å². The standard InChI is InChI=1S/C12H15N9/c1-19-5-4-15-9(19)7-20(2)11-16-10(13)17-12(18-11)21-6-3-14-8-21/h3-6,8H,7H2,1-2H3,(H2,13,16,17,18). The Bertz CT molecular complexity index is 731. The molecule has 0 unspecified atom stereocenters. The van der Waals surface area contributed by atoms with E-state index in [0.29, 0.717) is 18.4 Å². The number of nitrogens with two attached hydrogens (primary N) is 1. The first kappa shape index (κ1) is 13.0. The zero-order valence-electron chi connectivity index (χ0n) is 11.7. The van der Waals surface area contributed by atoms with E-state index in [0.717, 1.165) is 5.82 Å². The van der Waals surface area contributed by atoms with E-state index in [9.17, 15) is 0 Å². The van der Waals surface area contributed by atoms with Crippen molar-refractivity contribution in [3.63, 3.8) is 0 Å². The van der Waals surface area contributed by atoms with Crippen LogP contribution in [0.1, 0.15) is 5.82 Å². The molecule has 0 radical (unpaired) electrons. The number of hydrogen-bond acceptors (Lipinski definition) is 7. The Kier molecular flexibility index (Phi) is 3.22. The van der Waals surface area contributed by atoms with Crippen molar-refractivity contribution in [2.75, 3.05) is 17.7 Å². The number of anilines is 2. The molecule has 0 bridgehead atoms. The number of hydrogen-bond donors (Lipinski definition) is 1. The van der Waals surface area contributed by atoms with Gasteiger partial charge < -0.3 is 15.2 Å². The van der Waals surface area contributed by atoms with E-state index < -0.39 is 0 Å². The van der Waals surface area contributed by atoms with E-state index in [-0.39, 0.29) is 5.95 Å². The lowest BCUT2D eigenvalue weighted by Crippen LogP contribution is -2.23. The minimum absolute atomic E-state index is 0.162. The highest BCUT2D eigenvalue weighted by atomic mass is 15.3. The summed E-state index contributed by atoms with van der Waals surface area (Å²) in [5.41, 5.74) is 5.76. The zero-order valence-corrected chi connectivity index (χ0v) is 11.7. The van der Waals surface area contributed by atoms with Gasteiger partial charge in [-0.25, -0.2) is 9.97 Å². The summed E-state index contributed by atoms with van der Waals surface area (Å²) < 4.78 is 3.62. The van der Waals surface area contributed by atoms with Crippen molar-refractivity contribution in [1.29, 1.82) is 0 Å². The average molecular weight is 285 g/mol. The van der Waals surface area contributed by atoms with Crippen LogP contribution in [0.4, 0.5) is 11.9 Å². The Morgan fingerprint density at radius 3 is 2.71 bits per heavy atom. The molecule has 9 heteroatoms. The largest absolute Gasteiger partial charge is 0.368 e. The van der Waals surface area contributed by atoms with Crippen LogP contribution in [0.15, 0.2) is 31.1 Å². The highest BCUT2D eigenvalue weighted by molar-refractivity contribution is 5.37. The second-order valence-corrected chi connectivity index (χ2v) is 4.57. The Morgan fingerprint density at radius 1 is 1.19 bits per heavy atom. The summed E-state index contributed by atoms with van der Waals surface area (Å²) in [5.74, 6) is 1.98. The van der Waals surface area contributed by atoms with E-state index in [1.54, 1.807) is 29.5 Å². The van der Waals surface area contributed by atoms with Crippen LogP contribution in [0.3, 0.4) is 0 Å². The van der Waals surface area contributed by atoms with Crippen molar-refractivity contribution < 1.29 is 0 Å². The lowest BCUT2D eigenvalue weighted by Gasteiger charge is -2.17. The smallest absolute Gasteiger partial charge is 0.241 e. The van der Waals surface area contributed by atoms with Crippen molar-refractivity contribution in [2.24, 2.45) is 7.05 Å². The van der Waals surface area contributed by atoms with Crippen molar-refractivity contribution in [1.82, 2.24) is 34.1 Å². The molecule has 0 aliphatic rings. The first-order chi connectivity index (χ1) is 10.1. The molecule has 108 valence electrons. The average Bonchev–Trinajstić information content (AvgIpc) is 3.11. The summed E-state index contributed by atoms with van der Waals surface area (Å²) in [6.45, 7) is 0.566. The second kappa shape index (κ2) is 5.19. The number of aromatic nitrogens is 7. The molecule has 3 heterocycles. The van der Waals surface area contributed by atoms with Gasteiger partial charge in [0.25, 0.3) is 0 Å². The topological polar surface area (TPSA) is 104 Å². The normalized spacial score (nSPS) is 10.8. The van der Waals surface area contributed by atoms with Crippen LogP contribution in [-0.2, 0) is 13.6 Å². The Hall–Kier alpha value is -2.97. The SMILES string of the molecule is CN(Cc1nccn1C)c1nc(N)nc(-n2ccnc2)n1. The van der Waals surface area contributed by atoms with Gasteiger partial charge in [0.15, 0.2) is 0 Å². The van der Waals surface area contributed by atoms with Crippen LogP contribution < -0.4 is 10.6 Å². The number of nitrogens with zero attached hydrogens (tertiary/aromatic N) is 8. The molecule has 2 N–H and O–H groups in total. The van der Waals surface area contributed by atoms with E-state index in [1.807, 2.05) is 29.8 Å². The third-order valence-electron chi connectivity index (χ3n) is 3.01. The van der Waals surface area contributed by atoms with Crippen LogP contribution in [0, 0.1) is 0 Å². The molecule has 0 spiro atoms. The van der Waals surface area contributed by atoms with Crippen molar-refractivity contribution in [3.8, 4) is 5.95 Å². The van der Waals surface area contributed by atoms with Crippen LogP contribution >= 0.6 is 0 Å². The fraction of sp³-hybridized carbons (Fsp3) is 0.250. The van der Waals surface area contributed by atoms with Gasteiger partial charge in [0, 0.05) is 38.9 Å². The predicted octanol–water partition coefficient (Wildman–Crippen LogP) is 0.00940. The van der Waals surface area contributed by atoms with E-state index in [1.165, 1.54) is 0 Å². The molecule has 0 fully saturated rings. The van der Waals surface area contributed by atoms with Crippen LogP contribution in [0.2, 0.25) is 0 Å². The summed E-state index contributed by atoms with van der Waals surface area (Å²) in [6, 6.07) is 0. The monoisotopic (exact) mass is 285 g/mol. The van der Waals surface area contributed by atoms with Crippen LogP contribution in [0.5, 0.6) is 0 Å². The van der Waals surface area contributed by atoms with Crippen LogP contribution in [-0.4, -0.2) is 41.1 Å². The molecule has 9 nitrogen and oxygen atoms in total. The second-order valence-electron chi connectivity index (χ2n) is 4.57. The maximum absolute atomic E-state index is 5.76. The van der Waals surface area contributed by atoms with Gasteiger partial charge in [-0.2, -0.15) is 15.0 Å². The van der Waals surface area contributed by atoms with Gasteiger partial charge in [0.2, 0.25) is 17.8 Å². The Morgan fingerprint density at radius 2 is 2.05 bits per heavy atom. The fourth-order valence-corrected chi connectivity index (χ4v) is 1.86. The molecule has 3 aromatic heterocycles. The number of rotatable bonds is 4. The maximum Gasteiger partial charge on any atom is 0.241 e. The van der Waals surface area contributed by atoms with Crippen molar-refractivity contribution >= 4 is 11.9 Å². The summed E-state index contributed by atoms with van der Waals surface area (Å²) in [4.78, 5) is 22.8. The summed E-state index contributed by atoms with van der Waals surface area (Å²) in [6.07, 6.45) is 8.65. The zero-order chi connectivity index (χ0) is 14.8. The molecule has 0 amide bonds. The highest BCUT2D eigenvalue weighted by Gasteiger charge is 2.12. The maximum atomic E-state index is 5.76. The molecule has 0 saturated carbocycles. The third-order valence-corrected chi connectivity index (χ3v) is 3.01. The van der Waals surface area contributed by atoms with Gasteiger partial charge >= 0.3 is 0 Å². The molecule has 21 heavy (non-hydrogen) atoms. The molecular formula is C12H15N9. The fourth-order valence-electron chi connectivity index (χ4n) is 1.86. The van der Waals surface area contributed by atoms with Crippen molar-refractivity contribution in [3.05, 3.63) is 36.9 Å².